The van der Waals surface area contributed by atoms with Crippen molar-refractivity contribution in [2.24, 2.45) is 0 Å². The minimum absolute atomic E-state index is 0.317. The molecule has 2 aromatic carbocycles. The summed E-state index contributed by atoms with van der Waals surface area (Å²) >= 11 is 12.5. The summed E-state index contributed by atoms with van der Waals surface area (Å²) < 4.78 is 24.1. The van der Waals surface area contributed by atoms with Crippen molar-refractivity contribution in [2.75, 3.05) is 13.2 Å². The summed E-state index contributed by atoms with van der Waals surface area (Å²) in [5.74, 6) is 0. The van der Waals surface area contributed by atoms with Gasteiger partial charge in [-0.3, -0.25) is 0 Å². The van der Waals surface area contributed by atoms with Crippen molar-refractivity contribution < 1.29 is 29.2 Å². The third-order valence-corrected chi connectivity index (χ3v) is 5.58. The molecule has 6 nitrogen and oxygen atoms in total. The number of aliphatic hydroxyl groups is 2. The van der Waals surface area contributed by atoms with Crippen LogP contribution in [0.2, 0.25) is 10.0 Å². The molecule has 0 amide bonds. The summed E-state index contributed by atoms with van der Waals surface area (Å²) in [6.45, 7) is -0.634. The highest BCUT2D eigenvalue weighted by molar-refractivity contribution is 6.31. The minimum atomic E-state index is -0.875. The van der Waals surface area contributed by atoms with E-state index in [0.717, 1.165) is 0 Å². The Morgan fingerprint density at radius 3 is 1.43 bits per heavy atom. The van der Waals surface area contributed by atoms with E-state index < -0.39 is 37.0 Å². The van der Waals surface area contributed by atoms with Crippen LogP contribution in [-0.2, 0) is 18.9 Å². The van der Waals surface area contributed by atoms with Crippen LogP contribution in [0.5, 0.6) is 0 Å². The summed E-state index contributed by atoms with van der Waals surface area (Å²) in [5.41, 5.74) is 1.26. The van der Waals surface area contributed by atoms with E-state index in [2.05, 4.69) is 0 Å². The molecule has 0 saturated carbocycles. The lowest BCUT2D eigenvalue weighted by Gasteiger charge is -2.25. The standard InChI is InChI=1S/C20H20Cl2O6/c21-13-7-3-1-5-11(13)19-25-15(9-23)17-18(16(10-24)26-19)28-20(27-17)12-6-2-4-8-14(12)22/h1-8,15-20,23-24H,9-10H2/t15-,16+,17-,18-,19?,20?/m1/s1. The Labute approximate surface area is 172 Å². The van der Waals surface area contributed by atoms with Crippen LogP contribution in [0.1, 0.15) is 23.7 Å². The van der Waals surface area contributed by atoms with Crippen LogP contribution in [0.3, 0.4) is 0 Å². The van der Waals surface area contributed by atoms with E-state index in [4.69, 9.17) is 42.1 Å². The van der Waals surface area contributed by atoms with Gasteiger partial charge in [0.25, 0.3) is 0 Å². The van der Waals surface area contributed by atoms with Gasteiger partial charge in [0.1, 0.15) is 24.4 Å². The summed E-state index contributed by atoms with van der Waals surface area (Å²) in [6.07, 6.45) is -4.42. The van der Waals surface area contributed by atoms with Crippen LogP contribution >= 0.6 is 23.2 Å². The van der Waals surface area contributed by atoms with Gasteiger partial charge in [-0.2, -0.15) is 0 Å². The molecule has 2 heterocycles. The molecule has 0 bridgehead atoms. The molecule has 0 radical (unpaired) electrons. The van der Waals surface area contributed by atoms with Gasteiger partial charge in [-0.25, -0.2) is 0 Å². The Balaban J connectivity index is 1.63. The number of hydrogen-bond acceptors (Lipinski definition) is 6. The smallest absolute Gasteiger partial charge is 0.186 e. The van der Waals surface area contributed by atoms with Crippen molar-refractivity contribution in [1.82, 2.24) is 0 Å². The van der Waals surface area contributed by atoms with Crippen LogP contribution in [-0.4, -0.2) is 47.8 Å². The number of fused-ring (bicyclic) bond motifs is 1. The van der Waals surface area contributed by atoms with Crippen molar-refractivity contribution in [2.45, 2.75) is 37.0 Å². The Morgan fingerprint density at radius 1 is 0.643 bits per heavy atom. The van der Waals surface area contributed by atoms with Crippen molar-refractivity contribution >= 4 is 23.2 Å². The fourth-order valence-electron chi connectivity index (χ4n) is 3.49. The van der Waals surface area contributed by atoms with Gasteiger partial charge in [-0.05, 0) is 12.1 Å². The first-order valence-electron chi connectivity index (χ1n) is 8.94. The third-order valence-electron chi connectivity index (χ3n) is 4.89. The quantitative estimate of drug-likeness (QED) is 0.781. The zero-order chi connectivity index (χ0) is 19.7. The van der Waals surface area contributed by atoms with Gasteiger partial charge in [0.2, 0.25) is 0 Å². The maximum Gasteiger partial charge on any atom is 0.186 e. The molecule has 2 aliphatic rings. The van der Waals surface area contributed by atoms with Crippen LogP contribution in [0.4, 0.5) is 0 Å². The molecule has 8 heteroatoms. The summed E-state index contributed by atoms with van der Waals surface area (Å²) in [7, 11) is 0. The first-order valence-corrected chi connectivity index (χ1v) is 9.70. The second kappa shape index (κ2) is 8.65. The number of rotatable bonds is 4. The fourth-order valence-corrected chi connectivity index (χ4v) is 3.94. The molecule has 0 aromatic heterocycles. The number of benzene rings is 2. The fraction of sp³-hybridized carbons (Fsp3) is 0.400. The maximum absolute atomic E-state index is 9.93. The molecule has 0 aliphatic carbocycles. The number of ether oxygens (including phenoxy) is 4. The Morgan fingerprint density at radius 2 is 1.04 bits per heavy atom. The lowest BCUT2D eigenvalue weighted by Crippen LogP contribution is -2.43. The van der Waals surface area contributed by atoms with Gasteiger partial charge in [0.15, 0.2) is 12.6 Å². The molecule has 2 saturated heterocycles. The van der Waals surface area contributed by atoms with Crippen LogP contribution < -0.4 is 0 Å². The van der Waals surface area contributed by atoms with Crippen molar-refractivity contribution in [3.05, 3.63) is 69.7 Å². The zero-order valence-corrected chi connectivity index (χ0v) is 16.3. The Hall–Kier alpha value is -1.22. The molecule has 2 unspecified atom stereocenters. The van der Waals surface area contributed by atoms with Gasteiger partial charge in [0, 0.05) is 21.2 Å². The van der Waals surface area contributed by atoms with Crippen LogP contribution in [0.25, 0.3) is 0 Å². The molecule has 2 aliphatic heterocycles. The number of hydrogen-bond donors (Lipinski definition) is 2. The highest BCUT2D eigenvalue weighted by atomic mass is 35.5. The lowest BCUT2D eigenvalue weighted by atomic mass is 10.0. The van der Waals surface area contributed by atoms with Crippen LogP contribution in [0.15, 0.2) is 48.5 Å². The first-order chi connectivity index (χ1) is 13.6. The number of aliphatic hydroxyl groups excluding tert-OH is 2. The van der Waals surface area contributed by atoms with E-state index in [1.807, 2.05) is 18.2 Å². The molecule has 2 aromatic rings. The predicted octanol–water partition coefficient (Wildman–Crippen LogP) is 3.24. The van der Waals surface area contributed by atoms with Crippen molar-refractivity contribution in [1.29, 1.82) is 0 Å². The van der Waals surface area contributed by atoms with E-state index in [0.29, 0.717) is 21.2 Å². The highest BCUT2D eigenvalue weighted by Gasteiger charge is 2.50. The third kappa shape index (κ3) is 3.79. The van der Waals surface area contributed by atoms with E-state index in [-0.39, 0.29) is 13.2 Å². The van der Waals surface area contributed by atoms with Gasteiger partial charge in [-0.1, -0.05) is 59.6 Å². The SMILES string of the molecule is OC[C@@H]1OC(c2ccccc2Cl)O[C@H](CO)[C@H]2OC(c3ccccc3Cl)O[C@@H]21. The Bertz CT molecular complexity index is 797. The second-order valence-corrected chi connectivity index (χ2v) is 7.44. The molecule has 2 fully saturated rings. The average Bonchev–Trinajstić information content (AvgIpc) is 3.08. The Kier molecular flexibility index (Phi) is 6.20. The highest BCUT2D eigenvalue weighted by Crippen LogP contribution is 2.42. The molecule has 2 N–H and O–H groups in total. The molecule has 4 rings (SSSR count). The zero-order valence-electron chi connectivity index (χ0n) is 14.8. The van der Waals surface area contributed by atoms with Crippen LogP contribution in [0, 0.1) is 0 Å². The average molecular weight is 427 g/mol. The lowest BCUT2D eigenvalue weighted by molar-refractivity contribution is -0.223. The largest absolute Gasteiger partial charge is 0.394 e. The van der Waals surface area contributed by atoms with Gasteiger partial charge >= 0.3 is 0 Å². The van der Waals surface area contributed by atoms with E-state index in [9.17, 15) is 10.2 Å². The first kappa shape index (κ1) is 20.1. The van der Waals surface area contributed by atoms with Crippen molar-refractivity contribution in [3.63, 3.8) is 0 Å². The summed E-state index contributed by atoms with van der Waals surface area (Å²) in [4.78, 5) is 0. The van der Waals surface area contributed by atoms with E-state index in [1.54, 1.807) is 30.3 Å². The molecule has 150 valence electrons. The predicted molar refractivity (Wildman–Crippen MR) is 102 cm³/mol. The topological polar surface area (TPSA) is 77.4 Å². The van der Waals surface area contributed by atoms with Gasteiger partial charge in [-0.15, -0.1) is 0 Å². The van der Waals surface area contributed by atoms with Gasteiger partial charge in [0.05, 0.1) is 13.2 Å². The number of halogens is 2. The molecular formula is C20H20Cl2O6. The maximum atomic E-state index is 9.93. The second-order valence-electron chi connectivity index (χ2n) is 6.62. The monoisotopic (exact) mass is 426 g/mol. The van der Waals surface area contributed by atoms with E-state index >= 15 is 0 Å². The minimum Gasteiger partial charge on any atom is -0.394 e. The molecular weight excluding hydrogens is 407 g/mol. The van der Waals surface area contributed by atoms with Crippen molar-refractivity contribution in [3.8, 4) is 0 Å². The summed E-state index contributed by atoms with van der Waals surface area (Å²) in [6, 6.07) is 14.3. The van der Waals surface area contributed by atoms with Gasteiger partial charge < -0.3 is 29.2 Å². The molecule has 0 spiro atoms. The molecule has 28 heavy (non-hydrogen) atoms. The van der Waals surface area contributed by atoms with E-state index in [1.165, 1.54) is 0 Å². The summed E-state index contributed by atoms with van der Waals surface area (Å²) in [5, 5.41) is 20.8. The normalized spacial score (nSPS) is 32.7. The molecule has 6 atom stereocenters.